The van der Waals surface area contributed by atoms with Crippen molar-refractivity contribution in [3.05, 3.63) is 17.5 Å². The lowest BCUT2D eigenvalue weighted by atomic mass is 9.97. The molecule has 0 saturated heterocycles. The van der Waals surface area contributed by atoms with Crippen LogP contribution in [0.15, 0.2) is 6.20 Å². The highest BCUT2D eigenvalue weighted by molar-refractivity contribution is 5.67. The summed E-state index contributed by atoms with van der Waals surface area (Å²) in [6, 6.07) is 0. The van der Waals surface area contributed by atoms with Crippen molar-refractivity contribution >= 4 is 6.09 Å². The molecule has 0 unspecified atom stereocenters. The van der Waals surface area contributed by atoms with Crippen LogP contribution >= 0.6 is 0 Å². The van der Waals surface area contributed by atoms with Gasteiger partial charge in [0, 0.05) is 36.9 Å². The normalized spacial score (nSPS) is 17.3. The number of carbonyl (C=O) groups excluding carboxylic acids is 1. The van der Waals surface area contributed by atoms with Crippen molar-refractivity contribution in [2.75, 3.05) is 6.54 Å². The van der Waals surface area contributed by atoms with E-state index >= 15 is 0 Å². The van der Waals surface area contributed by atoms with Crippen molar-refractivity contribution in [2.24, 2.45) is 7.05 Å². The summed E-state index contributed by atoms with van der Waals surface area (Å²) >= 11 is 0. The third-order valence-corrected chi connectivity index (χ3v) is 4.52. The minimum atomic E-state index is -0.465. The molecule has 6 nitrogen and oxygen atoms in total. The molecule has 0 aromatic carbocycles. The van der Waals surface area contributed by atoms with Gasteiger partial charge in [-0.05, 0) is 40.5 Å². The van der Waals surface area contributed by atoms with Gasteiger partial charge in [0.1, 0.15) is 5.60 Å². The summed E-state index contributed by atoms with van der Waals surface area (Å²) in [4.78, 5) is 11.9. The van der Waals surface area contributed by atoms with E-state index in [1.54, 1.807) is 0 Å². The molecule has 130 valence electrons. The minimum absolute atomic E-state index is 0.0425. The Morgan fingerprint density at radius 2 is 2.04 bits per heavy atom. The number of hydrogen-bond acceptors (Lipinski definition) is 4. The van der Waals surface area contributed by atoms with Gasteiger partial charge in [0.15, 0.2) is 0 Å². The molecule has 2 N–H and O–H groups in total. The Bertz CT molecular complexity index is 539. The molecule has 0 aliphatic heterocycles. The van der Waals surface area contributed by atoms with Crippen LogP contribution in [0.4, 0.5) is 4.79 Å². The van der Waals surface area contributed by atoms with Crippen molar-refractivity contribution in [1.82, 2.24) is 20.4 Å². The summed E-state index contributed by atoms with van der Waals surface area (Å²) in [6.45, 7) is 9.07. The minimum Gasteiger partial charge on any atom is -0.444 e. The highest BCUT2D eigenvalue weighted by Gasteiger charge is 2.34. The number of nitrogens with zero attached hydrogens (tertiary/aromatic N) is 2. The van der Waals surface area contributed by atoms with Gasteiger partial charge in [-0.15, -0.1) is 0 Å². The molecule has 0 atom stereocenters. The molecule has 2 rings (SSSR count). The monoisotopic (exact) mass is 322 g/mol. The number of aromatic nitrogens is 2. The van der Waals surface area contributed by atoms with Crippen LogP contribution in [0.5, 0.6) is 0 Å². The Kier molecular flexibility index (Phi) is 5.34. The number of amides is 1. The highest BCUT2D eigenvalue weighted by Crippen LogP contribution is 2.29. The molecule has 23 heavy (non-hydrogen) atoms. The van der Waals surface area contributed by atoms with Gasteiger partial charge in [-0.3, -0.25) is 4.68 Å². The molecule has 1 amide bonds. The Balaban J connectivity index is 1.91. The molecular weight excluding hydrogens is 292 g/mol. The largest absolute Gasteiger partial charge is 0.444 e. The molecule has 1 aromatic heterocycles. The van der Waals surface area contributed by atoms with Crippen LogP contribution in [0.3, 0.4) is 0 Å². The fourth-order valence-electron chi connectivity index (χ4n) is 3.02. The standard InChI is InChI=1S/C17H30N4O2/c1-13-14(11-20-21(13)5)10-19-17(8-6-7-9-17)12-18-15(22)23-16(2,3)4/h11,19H,6-10,12H2,1-5H3,(H,18,22). The second-order valence-electron chi connectivity index (χ2n) is 7.58. The number of carbonyl (C=O) groups is 1. The first-order chi connectivity index (χ1) is 10.7. The average molecular weight is 322 g/mol. The van der Waals surface area contributed by atoms with E-state index in [2.05, 4.69) is 22.7 Å². The van der Waals surface area contributed by atoms with E-state index in [4.69, 9.17) is 4.74 Å². The van der Waals surface area contributed by atoms with Gasteiger partial charge in [-0.2, -0.15) is 5.10 Å². The third kappa shape index (κ3) is 4.96. The SMILES string of the molecule is Cc1c(CNC2(CNC(=O)OC(C)(C)C)CCCC2)cnn1C. The summed E-state index contributed by atoms with van der Waals surface area (Å²) in [5.74, 6) is 0. The third-order valence-electron chi connectivity index (χ3n) is 4.52. The number of rotatable bonds is 5. The zero-order valence-corrected chi connectivity index (χ0v) is 15.0. The average Bonchev–Trinajstić information content (AvgIpc) is 3.03. The van der Waals surface area contributed by atoms with E-state index < -0.39 is 5.60 Å². The number of nitrogens with one attached hydrogen (secondary N) is 2. The fraction of sp³-hybridized carbons (Fsp3) is 0.765. The number of alkyl carbamates (subject to hydrolysis) is 1. The van der Waals surface area contributed by atoms with Gasteiger partial charge < -0.3 is 15.4 Å². The molecule has 6 heteroatoms. The quantitative estimate of drug-likeness (QED) is 0.874. The molecular formula is C17H30N4O2. The second kappa shape index (κ2) is 6.91. The van der Waals surface area contributed by atoms with Crippen molar-refractivity contribution < 1.29 is 9.53 Å². The van der Waals surface area contributed by atoms with Gasteiger partial charge in [0.25, 0.3) is 0 Å². The van der Waals surface area contributed by atoms with E-state index in [0.717, 1.165) is 19.4 Å². The van der Waals surface area contributed by atoms with Gasteiger partial charge >= 0.3 is 6.09 Å². The van der Waals surface area contributed by atoms with Crippen LogP contribution in [-0.2, 0) is 18.3 Å². The van der Waals surface area contributed by atoms with Gasteiger partial charge in [0.2, 0.25) is 0 Å². The molecule has 0 radical (unpaired) electrons. The summed E-state index contributed by atoms with van der Waals surface area (Å²) in [5.41, 5.74) is 1.87. The molecule has 1 aliphatic carbocycles. The Hall–Kier alpha value is -1.56. The van der Waals surface area contributed by atoms with Crippen molar-refractivity contribution in [2.45, 2.75) is 71.1 Å². The van der Waals surface area contributed by atoms with Crippen LogP contribution in [0.2, 0.25) is 0 Å². The number of aryl methyl sites for hydroxylation is 1. The van der Waals surface area contributed by atoms with Gasteiger partial charge in [-0.25, -0.2) is 4.79 Å². The summed E-state index contributed by atoms with van der Waals surface area (Å²) < 4.78 is 7.22. The van der Waals surface area contributed by atoms with E-state index in [-0.39, 0.29) is 11.6 Å². The molecule has 1 fully saturated rings. The Labute approximate surface area is 139 Å². The van der Waals surface area contributed by atoms with Crippen LogP contribution in [-0.4, -0.2) is 33.6 Å². The van der Waals surface area contributed by atoms with E-state index in [0.29, 0.717) is 6.54 Å². The molecule has 1 aliphatic rings. The predicted octanol–water partition coefficient (Wildman–Crippen LogP) is 2.66. The maximum atomic E-state index is 11.9. The molecule has 1 heterocycles. The lowest BCUT2D eigenvalue weighted by molar-refractivity contribution is 0.0509. The lowest BCUT2D eigenvalue weighted by Crippen LogP contribution is -2.52. The first kappa shape index (κ1) is 17.8. The Morgan fingerprint density at radius 3 is 2.57 bits per heavy atom. The van der Waals surface area contributed by atoms with Crippen LogP contribution in [0, 0.1) is 6.92 Å². The fourth-order valence-corrected chi connectivity index (χ4v) is 3.02. The van der Waals surface area contributed by atoms with E-state index in [9.17, 15) is 4.79 Å². The lowest BCUT2D eigenvalue weighted by Gasteiger charge is -2.31. The molecule has 0 bridgehead atoms. The van der Waals surface area contributed by atoms with E-state index in [1.165, 1.54) is 24.1 Å². The zero-order chi connectivity index (χ0) is 17.1. The van der Waals surface area contributed by atoms with Gasteiger partial charge in [0.05, 0.1) is 6.20 Å². The van der Waals surface area contributed by atoms with Gasteiger partial charge in [-0.1, -0.05) is 12.8 Å². The summed E-state index contributed by atoms with van der Waals surface area (Å²) in [6.07, 6.45) is 6.09. The Morgan fingerprint density at radius 1 is 1.39 bits per heavy atom. The first-order valence-corrected chi connectivity index (χ1v) is 8.40. The van der Waals surface area contributed by atoms with Crippen molar-refractivity contribution in [3.63, 3.8) is 0 Å². The maximum absolute atomic E-state index is 11.9. The highest BCUT2D eigenvalue weighted by atomic mass is 16.6. The number of ether oxygens (including phenoxy) is 1. The molecule has 1 aromatic rings. The van der Waals surface area contributed by atoms with E-state index in [1.807, 2.05) is 38.7 Å². The first-order valence-electron chi connectivity index (χ1n) is 8.40. The summed E-state index contributed by atoms with van der Waals surface area (Å²) in [5, 5.41) is 10.9. The van der Waals surface area contributed by atoms with Crippen molar-refractivity contribution in [1.29, 1.82) is 0 Å². The number of hydrogen-bond donors (Lipinski definition) is 2. The van der Waals surface area contributed by atoms with Crippen LogP contribution in [0.25, 0.3) is 0 Å². The van der Waals surface area contributed by atoms with Crippen LogP contribution in [0.1, 0.15) is 57.7 Å². The van der Waals surface area contributed by atoms with Crippen LogP contribution < -0.4 is 10.6 Å². The summed E-state index contributed by atoms with van der Waals surface area (Å²) in [7, 11) is 1.95. The predicted molar refractivity (Wildman–Crippen MR) is 90.2 cm³/mol. The molecule has 0 spiro atoms. The zero-order valence-electron chi connectivity index (χ0n) is 15.0. The smallest absolute Gasteiger partial charge is 0.407 e. The second-order valence-corrected chi connectivity index (χ2v) is 7.58. The topological polar surface area (TPSA) is 68.2 Å². The maximum Gasteiger partial charge on any atom is 0.407 e. The van der Waals surface area contributed by atoms with Crippen molar-refractivity contribution in [3.8, 4) is 0 Å². The molecule has 1 saturated carbocycles.